The lowest BCUT2D eigenvalue weighted by molar-refractivity contribution is -0.385. The van der Waals surface area contributed by atoms with Gasteiger partial charge in [0.15, 0.2) is 4.34 Å². The molecule has 8 heteroatoms. The summed E-state index contributed by atoms with van der Waals surface area (Å²) in [5, 5.41) is 10.6. The molecule has 0 atom stereocenters. The summed E-state index contributed by atoms with van der Waals surface area (Å²) < 4.78 is 17.9. The van der Waals surface area contributed by atoms with Crippen LogP contribution in [0.5, 0.6) is 0 Å². The zero-order valence-corrected chi connectivity index (χ0v) is 10.9. The Morgan fingerprint density at radius 3 is 2.89 bits per heavy atom. The quantitative estimate of drug-likeness (QED) is 0.636. The van der Waals surface area contributed by atoms with Crippen LogP contribution in [0.3, 0.4) is 0 Å². The van der Waals surface area contributed by atoms with Crippen LogP contribution in [0.25, 0.3) is 0 Å². The lowest BCUT2D eigenvalue weighted by Gasteiger charge is -1.98. The molecule has 0 fully saturated rings. The van der Waals surface area contributed by atoms with Crippen molar-refractivity contribution in [1.29, 1.82) is 0 Å². The minimum atomic E-state index is -0.632. The molecule has 1 heterocycles. The lowest BCUT2D eigenvalue weighted by Crippen LogP contribution is -1.89. The van der Waals surface area contributed by atoms with E-state index in [1.165, 1.54) is 35.4 Å². The highest BCUT2D eigenvalue weighted by Crippen LogP contribution is 2.31. The number of aryl methyl sites for hydroxylation is 1. The van der Waals surface area contributed by atoms with Crippen LogP contribution in [-0.2, 0) is 6.42 Å². The van der Waals surface area contributed by atoms with Crippen molar-refractivity contribution in [3.63, 3.8) is 0 Å². The van der Waals surface area contributed by atoms with E-state index in [0.717, 1.165) is 12.5 Å². The molecule has 18 heavy (non-hydrogen) atoms. The van der Waals surface area contributed by atoms with Gasteiger partial charge in [-0.3, -0.25) is 10.1 Å². The minimum Gasteiger partial charge on any atom is -0.258 e. The summed E-state index contributed by atoms with van der Waals surface area (Å²) in [4.78, 5) is 14.6. The molecule has 2 aromatic rings. The first-order valence-corrected chi connectivity index (χ1v) is 6.63. The molecular formula is C10H8FN3O2S2. The maximum Gasteiger partial charge on any atom is 0.273 e. The number of halogens is 1. The monoisotopic (exact) mass is 285 g/mol. The standard InChI is InChI=1S/C10H8FN3O2S2/c1-2-9-12-10(18-13-9)17-8-4-6(11)3-7(5-8)14(15)16/h3-5H,2H2,1H3. The third kappa shape index (κ3) is 3.02. The van der Waals surface area contributed by atoms with Crippen molar-refractivity contribution in [3.05, 3.63) is 40.0 Å². The average Bonchev–Trinajstić information content (AvgIpc) is 2.76. The molecule has 0 spiro atoms. The molecule has 0 amide bonds. The van der Waals surface area contributed by atoms with Crippen molar-refractivity contribution in [2.45, 2.75) is 22.6 Å². The predicted octanol–water partition coefficient (Wildman–Crippen LogP) is 3.30. The molecule has 2 rings (SSSR count). The van der Waals surface area contributed by atoms with E-state index in [0.29, 0.717) is 15.1 Å². The van der Waals surface area contributed by atoms with Gasteiger partial charge in [0.2, 0.25) is 0 Å². The molecule has 0 saturated carbocycles. The average molecular weight is 285 g/mol. The van der Waals surface area contributed by atoms with Crippen molar-refractivity contribution in [1.82, 2.24) is 9.36 Å². The van der Waals surface area contributed by atoms with Gasteiger partial charge in [0.05, 0.1) is 11.0 Å². The van der Waals surface area contributed by atoms with E-state index in [1.54, 1.807) is 0 Å². The lowest BCUT2D eigenvalue weighted by atomic mass is 10.3. The molecule has 0 aliphatic carbocycles. The van der Waals surface area contributed by atoms with Gasteiger partial charge in [-0.1, -0.05) is 18.7 Å². The van der Waals surface area contributed by atoms with Gasteiger partial charge < -0.3 is 0 Å². The number of non-ortho nitro benzene ring substituents is 1. The van der Waals surface area contributed by atoms with Gasteiger partial charge in [-0.05, 0) is 17.6 Å². The van der Waals surface area contributed by atoms with Crippen LogP contribution in [0, 0.1) is 15.9 Å². The summed E-state index contributed by atoms with van der Waals surface area (Å²) in [7, 11) is 0. The summed E-state index contributed by atoms with van der Waals surface area (Å²) in [5.41, 5.74) is -0.266. The highest BCUT2D eigenvalue weighted by Gasteiger charge is 2.12. The van der Waals surface area contributed by atoms with Gasteiger partial charge in [0.1, 0.15) is 11.6 Å². The Kier molecular flexibility index (Phi) is 3.87. The molecule has 1 aromatic carbocycles. The van der Waals surface area contributed by atoms with Crippen LogP contribution in [0.4, 0.5) is 10.1 Å². The number of nitro groups is 1. The van der Waals surface area contributed by atoms with E-state index in [2.05, 4.69) is 9.36 Å². The fraction of sp³-hybridized carbons (Fsp3) is 0.200. The first kappa shape index (κ1) is 12.9. The van der Waals surface area contributed by atoms with Gasteiger partial charge >= 0.3 is 0 Å². The molecule has 0 radical (unpaired) electrons. The van der Waals surface area contributed by atoms with Crippen LogP contribution < -0.4 is 0 Å². The van der Waals surface area contributed by atoms with Crippen LogP contribution >= 0.6 is 23.3 Å². The van der Waals surface area contributed by atoms with Gasteiger partial charge in [0.25, 0.3) is 5.69 Å². The molecule has 5 nitrogen and oxygen atoms in total. The van der Waals surface area contributed by atoms with Crippen molar-refractivity contribution < 1.29 is 9.31 Å². The smallest absolute Gasteiger partial charge is 0.258 e. The minimum absolute atomic E-state index is 0.266. The number of aromatic nitrogens is 2. The number of nitrogens with zero attached hydrogens (tertiary/aromatic N) is 3. The molecular weight excluding hydrogens is 277 g/mol. The Morgan fingerprint density at radius 1 is 1.50 bits per heavy atom. The maximum absolute atomic E-state index is 13.2. The van der Waals surface area contributed by atoms with E-state index in [1.807, 2.05) is 6.92 Å². The third-order valence-corrected chi connectivity index (χ3v) is 3.80. The van der Waals surface area contributed by atoms with Crippen LogP contribution in [0.1, 0.15) is 12.7 Å². The molecule has 0 bridgehead atoms. The summed E-state index contributed by atoms with van der Waals surface area (Å²) in [6.07, 6.45) is 0.723. The Hall–Kier alpha value is -1.54. The number of rotatable bonds is 4. The SMILES string of the molecule is CCc1nsc(Sc2cc(F)cc([N+](=O)[O-])c2)n1. The van der Waals surface area contributed by atoms with E-state index < -0.39 is 10.7 Å². The van der Waals surface area contributed by atoms with Crippen molar-refractivity contribution >= 4 is 29.0 Å². The van der Waals surface area contributed by atoms with Gasteiger partial charge in [-0.15, -0.1) is 0 Å². The third-order valence-electron chi connectivity index (χ3n) is 2.04. The highest BCUT2D eigenvalue weighted by molar-refractivity contribution is 8.01. The number of nitro benzene ring substituents is 1. The Bertz CT molecular complexity index is 588. The Morgan fingerprint density at radius 2 is 2.28 bits per heavy atom. The predicted molar refractivity (Wildman–Crippen MR) is 66.5 cm³/mol. The zero-order chi connectivity index (χ0) is 13.1. The normalized spacial score (nSPS) is 10.6. The Balaban J connectivity index is 2.25. The van der Waals surface area contributed by atoms with Crippen LogP contribution in [0.2, 0.25) is 0 Å². The van der Waals surface area contributed by atoms with E-state index in [-0.39, 0.29) is 5.69 Å². The first-order valence-electron chi connectivity index (χ1n) is 5.04. The van der Waals surface area contributed by atoms with Crippen molar-refractivity contribution in [2.75, 3.05) is 0 Å². The van der Waals surface area contributed by atoms with E-state index >= 15 is 0 Å². The Labute approximate surface area is 110 Å². The first-order chi connectivity index (χ1) is 8.58. The molecule has 0 saturated heterocycles. The number of benzene rings is 1. The van der Waals surface area contributed by atoms with Crippen molar-refractivity contribution in [2.24, 2.45) is 0 Å². The van der Waals surface area contributed by atoms with Gasteiger partial charge in [-0.25, -0.2) is 9.37 Å². The maximum atomic E-state index is 13.2. The number of hydrogen-bond donors (Lipinski definition) is 0. The summed E-state index contributed by atoms with van der Waals surface area (Å²) >= 11 is 2.37. The molecule has 1 aromatic heterocycles. The molecule has 0 N–H and O–H groups in total. The van der Waals surface area contributed by atoms with Crippen LogP contribution in [-0.4, -0.2) is 14.3 Å². The summed E-state index contributed by atoms with van der Waals surface area (Å²) in [6.45, 7) is 1.93. The molecule has 94 valence electrons. The van der Waals surface area contributed by atoms with E-state index in [9.17, 15) is 14.5 Å². The summed E-state index contributed by atoms with van der Waals surface area (Å²) in [6, 6.07) is 3.45. The van der Waals surface area contributed by atoms with Crippen molar-refractivity contribution in [3.8, 4) is 0 Å². The summed E-state index contributed by atoms with van der Waals surface area (Å²) in [5.74, 6) is 0.0836. The highest BCUT2D eigenvalue weighted by atomic mass is 32.2. The zero-order valence-electron chi connectivity index (χ0n) is 9.29. The fourth-order valence-electron chi connectivity index (χ4n) is 1.24. The number of hydrogen-bond acceptors (Lipinski definition) is 6. The fourth-order valence-corrected chi connectivity index (χ4v) is 2.99. The largest absolute Gasteiger partial charge is 0.273 e. The van der Waals surface area contributed by atoms with Gasteiger partial charge in [0, 0.05) is 17.4 Å². The second kappa shape index (κ2) is 5.40. The molecule has 0 unspecified atom stereocenters. The second-order valence-corrected chi connectivity index (χ2v) is 5.41. The van der Waals surface area contributed by atoms with Gasteiger partial charge in [-0.2, -0.15) is 4.37 Å². The molecule has 0 aliphatic rings. The molecule has 0 aliphatic heterocycles. The van der Waals surface area contributed by atoms with Crippen LogP contribution in [0.15, 0.2) is 27.4 Å². The van der Waals surface area contributed by atoms with E-state index in [4.69, 9.17) is 0 Å². The topological polar surface area (TPSA) is 68.9 Å². The second-order valence-electron chi connectivity index (χ2n) is 3.33.